The van der Waals surface area contributed by atoms with Crippen LogP contribution in [0.25, 0.3) is 11.1 Å². The fourth-order valence-corrected chi connectivity index (χ4v) is 2.98. The van der Waals surface area contributed by atoms with Crippen LogP contribution in [-0.2, 0) is 0 Å². The molecule has 1 saturated heterocycles. The molecule has 0 spiro atoms. The fourth-order valence-electron chi connectivity index (χ4n) is 2.69. The highest BCUT2D eigenvalue weighted by Crippen LogP contribution is 2.36. The van der Waals surface area contributed by atoms with E-state index >= 15 is 0 Å². The predicted molar refractivity (Wildman–Crippen MR) is 79.0 cm³/mol. The van der Waals surface area contributed by atoms with Crippen molar-refractivity contribution in [1.82, 2.24) is 5.16 Å². The number of halogens is 1. The second-order valence-corrected chi connectivity index (χ2v) is 5.96. The van der Waals surface area contributed by atoms with E-state index in [1.807, 2.05) is 32.0 Å². The van der Waals surface area contributed by atoms with Crippen LogP contribution in [0.3, 0.4) is 0 Å². The van der Waals surface area contributed by atoms with Crippen molar-refractivity contribution in [2.45, 2.75) is 31.9 Å². The third kappa shape index (κ3) is 2.19. The van der Waals surface area contributed by atoms with Crippen molar-refractivity contribution in [3.05, 3.63) is 35.7 Å². The van der Waals surface area contributed by atoms with Crippen LogP contribution in [0.5, 0.6) is 0 Å². The molecule has 0 saturated carbocycles. The minimum absolute atomic E-state index is 0.0695. The van der Waals surface area contributed by atoms with Gasteiger partial charge in [0, 0.05) is 23.4 Å². The summed E-state index contributed by atoms with van der Waals surface area (Å²) in [7, 11) is 0. The predicted octanol–water partition coefficient (Wildman–Crippen LogP) is 3.34. The maximum Gasteiger partial charge on any atom is 0.131 e. The zero-order chi connectivity index (χ0) is 14.3. The van der Waals surface area contributed by atoms with E-state index in [0.717, 1.165) is 29.8 Å². The molecule has 1 aromatic carbocycles. The molecule has 1 aliphatic heterocycles. The standard InChI is InChI=1S/C15H17ClN2O2/c1-10-15(2,19)5-6-18(10)12-3-4-13(14(16)7-12)11-8-17-20-9-11/h3-4,7-10,19H,5-6H2,1-2H3/t10-,15-/m0/s1. The molecule has 0 unspecified atom stereocenters. The fraction of sp³-hybridized carbons (Fsp3) is 0.400. The zero-order valence-electron chi connectivity index (χ0n) is 11.5. The highest BCUT2D eigenvalue weighted by atomic mass is 35.5. The van der Waals surface area contributed by atoms with E-state index in [1.165, 1.54) is 0 Å². The number of benzene rings is 1. The lowest BCUT2D eigenvalue weighted by atomic mass is 9.99. The molecule has 1 N–H and O–H groups in total. The van der Waals surface area contributed by atoms with Crippen molar-refractivity contribution in [1.29, 1.82) is 0 Å². The van der Waals surface area contributed by atoms with E-state index in [1.54, 1.807) is 12.5 Å². The molecule has 20 heavy (non-hydrogen) atoms. The lowest BCUT2D eigenvalue weighted by molar-refractivity contribution is 0.0566. The lowest BCUT2D eigenvalue weighted by Gasteiger charge is -2.30. The second-order valence-electron chi connectivity index (χ2n) is 5.55. The topological polar surface area (TPSA) is 49.5 Å². The van der Waals surface area contributed by atoms with Crippen LogP contribution < -0.4 is 4.90 Å². The van der Waals surface area contributed by atoms with Crippen molar-refractivity contribution < 1.29 is 9.63 Å². The van der Waals surface area contributed by atoms with Crippen molar-refractivity contribution >= 4 is 17.3 Å². The van der Waals surface area contributed by atoms with Crippen molar-refractivity contribution in [2.24, 2.45) is 0 Å². The van der Waals surface area contributed by atoms with E-state index in [9.17, 15) is 5.11 Å². The van der Waals surface area contributed by atoms with E-state index in [2.05, 4.69) is 10.1 Å². The van der Waals surface area contributed by atoms with Gasteiger partial charge in [-0.2, -0.15) is 0 Å². The van der Waals surface area contributed by atoms with E-state index in [4.69, 9.17) is 16.1 Å². The summed E-state index contributed by atoms with van der Waals surface area (Å²) >= 11 is 6.36. The monoisotopic (exact) mass is 292 g/mol. The average molecular weight is 293 g/mol. The van der Waals surface area contributed by atoms with Crippen LogP contribution in [0.4, 0.5) is 5.69 Å². The van der Waals surface area contributed by atoms with Gasteiger partial charge in [0.15, 0.2) is 0 Å². The van der Waals surface area contributed by atoms with Gasteiger partial charge in [-0.3, -0.25) is 0 Å². The smallest absolute Gasteiger partial charge is 0.131 e. The van der Waals surface area contributed by atoms with Crippen molar-refractivity contribution in [3.8, 4) is 11.1 Å². The molecular formula is C15H17ClN2O2. The van der Waals surface area contributed by atoms with Crippen LogP contribution in [0.15, 0.2) is 35.2 Å². The number of rotatable bonds is 2. The Balaban J connectivity index is 1.92. The maximum atomic E-state index is 10.3. The quantitative estimate of drug-likeness (QED) is 0.922. The second kappa shape index (κ2) is 4.79. The van der Waals surface area contributed by atoms with Gasteiger partial charge in [-0.05, 0) is 32.4 Å². The van der Waals surface area contributed by atoms with Gasteiger partial charge in [-0.25, -0.2) is 0 Å². The number of nitrogens with zero attached hydrogens (tertiary/aromatic N) is 2. The average Bonchev–Trinajstić information content (AvgIpc) is 3.00. The molecule has 0 radical (unpaired) electrons. The van der Waals surface area contributed by atoms with Gasteiger partial charge in [0.25, 0.3) is 0 Å². The van der Waals surface area contributed by atoms with Crippen molar-refractivity contribution in [3.63, 3.8) is 0 Å². The number of aromatic nitrogens is 1. The number of hydrogen-bond acceptors (Lipinski definition) is 4. The Bertz CT molecular complexity index is 610. The molecule has 5 heteroatoms. The van der Waals surface area contributed by atoms with Crippen LogP contribution in [0.1, 0.15) is 20.3 Å². The normalized spacial score (nSPS) is 26.2. The maximum absolute atomic E-state index is 10.3. The lowest BCUT2D eigenvalue weighted by Crippen LogP contribution is -2.40. The highest BCUT2D eigenvalue weighted by Gasteiger charge is 2.39. The summed E-state index contributed by atoms with van der Waals surface area (Å²) in [6.45, 7) is 4.75. The van der Waals surface area contributed by atoms with Crippen LogP contribution in [0, 0.1) is 0 Å². The van der Waals surface area contributed by atoms with Gasteiger partial charge >= 0.3 is 0 Å². The number of anilines is 1. The molecule has 3 rings (SSSR count). The number of aliphatic hydroxyl groups is 1. The Morgan fingerprint density at radius 3 is 2.85 bits per heavy atom. The molecule has 1 fully saturated rings. The Morgan fingerprint density at radius 1 is 1.50 bits per heavy atom. The zero-order valence-corrected chi connectivity index (χ0v) is 12.3. The summed E-state index contributed by atoms with van der Waals surface area (Å²) in [5.41, 5.74) is 2.14. The first-order chi connectivity index (χ1) is 9.49. The third-order valence-electron chi connectivity index (χ3n) is 4.25. The first kappa shape index (κ1) is 13.5. The Hall–Kier alpha value is -1.52. The summed E-state index contributed by atoms with van der Waals surface area (Å²) in [5, 5.41) is 14.6. The van der Waals surface area contributed by atoms with Crippen LogP contribution in [0.2, 0.25) is 5.02 Å². The van der Waals surface area contributed by atoms with E-state index in [0.29, 0.717) is 5.02 Å². The molecule has 2 atom stereocenters. The Kier molecular flexibility index (Phi) is 3.22. The SMILES string of the molecule is C[C@@H]1N(c2ccc(-c3cnoc3)c(Cl)c2)CC[C@]1(C)O. The molecular weight excluding hydrogens is 276 g/mol. The summed E-state index contributed by atoms with van der Waals surface area (Å²) in [4.78, 5) is 2.18. The van der Waals surface area contributed by atoms with Gasteiger partial charge in [-0.1, -0.05) is 22.8 Å². The molecule has 4 nitrogen and oxygen atoms in total. The summed E-state index contributed by atoms with van der Waals surface area (Å²) in [6, 6.07) is 5.98. The highest BCUT2D eigenvalue weighted by molar-refractivity contribution is 6.33. The summed E-state index contributed by atoms with van der Waals surface area (Å²) in [6.07, 6.45) is 3.98. The van der Waals surface area contributed by atoms with Gasteiger partial charge in [0.1, 0.15) is 6.26 Å². The molecule has 0 aliphatic carbocycles. The largest absolute Gasteiger partial charge is 0.388 e. The number of hydrogen-bond donors (Lipinski definition) is 1. The van der Waals surface area contributed by atoms with Gasteiger partial charge < -0.3 is 14.5 Å². The molecule has 0 amide bonds. The molecule has 106 valence electrons. The molecule has 1 aromatic heterocycles. The van der Waals surface area contributed by atoms with Crippen molar-refractivity contribution in [2.75, 3.05) is 11.4 Å². The summed E-state index contributed by atoms with van der Waals surface area (Å²) < 4.78 is 4.85. The van der Waals surface area contributed by atoms with Crippen LogP contribution in [-0.4, -0.2) is 28.5 Å². The third-order valence-corrected chi connectivity index (χ3v) is 4.57. The minimum atomic E-state index is -0.653. The molecule has 2 aromatic rings. The van der Waals surface area contributed by atoms with Gasteiger partial charge in [0.05, 0.1) is 22.9 Å². The molecule has 1 aliphatic rings. The Morgan fingerprint density at radius 2 is 2.30 bits per heavy atom. The molecule has 2 heterocycles. The first-order valence-corrected chi connectivity index (χ1v) is 7.05. The molecule has 0 bridgehead atoms. The van der Waals surface area contributed by atoms with Crippen LogP contribution >= 0.6 is 11.6 Å². The van der Waals surface area contributed by atoms with E-state index in [-0.39, 0.29) is 6.04 Å². The van der Waals surface area contributed by atoms with E-state index < -0.39 is 5.60 Å². The Labute approximate surface area is 122 Å². The first-order valence-electron chi connectivity index (χ1n) is 6.67. The summed E-state index contributed by atoms with van der Waals surface area (Å²) in [5.74, 6) is 0. The minimum Gasteiger partial charge on any atom is -0.388 e. The van der Waals surface area contributed by atoms with Gasteiger partial charge in [-0.15, -0.1) is 0 Å². The van der Waals surface area contributed by atoms with Gasteiger partial charge in [0.2, 0.25) is 0 Å².